The van der Waals surface area contributed by atoms with E-state index in [4.69, 9.17) is 19.5 Å². The van der Waals surface area contributed by atoms with E-state index < -0.39 is 5.97 Å². The van der Waals surface area contributed by atoms with Crippen LogP contribution >= 0.6 is 0 Å². The van der Waals surface area contributed by atoms with Gasteiger partial charge < -0.3 is 14.3 Å². The number of nitrogens with zero attached hydrogens (tertiary/aromatic N) is 1. The highest BCUT2D eigenvalue weighted by Crippen LogP contribution is 2.26. The van der Waals surface area contributed by atoms with Crippen molar-refractivity contribution >= 4 is 5.97 Å². The molecule has 5 heteroatoms. The number of rotatable bonds is 4. The Morgan fingerprint density at radius 2 is 2.05 bits per heavy atom. The summed E-state index contributed by atoms with van der Waals surface area (Å²) in [4.78, 5) is 11.0. The van der Waals surface area contributed by atoms with Crippen molar-refractivity contribution in [3.8, 4) is 11.8 Å². The summed E-state index contributed by atoms with van der Waals surface area (Å²) in [7, 11) is 0. The van der Waals surface area contributed by atoms with E-state index in [2.05, 4.69) is 6.07 Å². The minimum Gasteiger partial charge on any atom is -0.485 e. The van der Waals surface area contributed by atoms with Gasteiger partial charge in [0.2, 0.25) is 0 Å². The van der Waals surface area contributed by atoms with Crippen molar-refractivity contribution in [2.24, 2.45) is 0 Å². The normalized spacial score (nSPS) is 10.1. The molecule has 0 saturated heterocycles. The van der Waals surface area contributed by atoms with Crippen molar-refractivity contribution in [1.29, 1.82) is 5.26 Å². The van der Waals surface area contributed by atoms with Gasteiger partial charge >= 0.3 is 5.97 Å². The second-order valence-electron chi connectivity index (χ2n) is 4.40. The van der Waals surface area contributed by atoms with Gasteiger partial charge in [-0.2, -0.15) is 5.26 Å². The fraction of sp³-hybridized carbons (Fsp3) is 0.200. The summed E-state index contributed by atoms with van der Waals surface area (Å²) in [6.07, 6.45) is 1.32. The zero-order chi connectivity index (χ0) is 14.7. The number of ether oxygens (including phenoxy) is 1. The van der Waals surface area contributed by atoms with Gasteiger partial charge in [-0.05, 0) is 43.2 Å². The van der Waals surface area contributed by atoms with Crippen molar-refractivity contribution in [2.45, 2.75) is 20.5 Å². The summed E-state index contributed by atoms with van der Waals surface area (Å²) < 4.78 is 10.7. The topological polar surface area (TPSA) is 83.5 Å². The smallest absolute Gasteiger partial charge is 0.339 e. The maximum Gasteiger partial charge on any atom is 0.339 e. The summed E-state index contributed by atoms with van der Waals surface area (Å²) in [5.41, 5.74) is 2.31. The Hall–Kier alpha value is -2.74. The molecule has 0 aliphatic carbocycles. The fourth-order valence-electron chi connectivity index (χ4n) is 2.02. The van der Waals surface area contributed by atoms with Gasteiger partial charge in [-0.3, -0.25) is 0 Å². The molecule has 0 fully saturated rings. The maximum absolute atomic E-state index is 11.0. The van der Waals surface area contributed by atoms with Crippen molar-refractivity contribution in [3.05, 3.63) is 52.5 Å². The van der Waals surface area contributed by atoms with Gasteiger partial charge in [-0.15, -0.1) is 0 Å². The SMILES string of the molecule is Cc1cc(C#N)cc(C)c1OCc1occc1C(=O)O. The summed E-state index contributed by atoms with van der Waals surface area (Å²) >= 11 is 0. The molecule has 0 radical (unpaired) electrons. The molecular formula is C15H13NO4. The van der Waals surface area contributed by atoms with Crippen LogP contribution in [-0.2, 0) is 6.61 Å². The van der Waals surface area contributed by atoms with E-state index in [-0.39, 0.29) is 17.9 Å². The molecule has 0 atom stereocenters. The van der Waals surface area contributed by atoms with E-state index in [1.54, 1.807) is 12.1 Å². The molecule has 1 aromatic carbocycles. The molecule has 0 bridgehead atoms. The van der Waals surface area contributed by atoms with Crippen LogP contribution in [0.25, 0.3) is 0 Å². The molecule has 0 saturated carbocycles. The number of carboxylic acids is 1. The number of aryl methyl sites for hydroxylation is 2. The van der Waals surface area contributed by atoms with Gasteiger partial charge in [-0.1, -0.05) is 0 Å². The Balaban J connectivity index is 2.22. The van der Waals surface area contributed by atoms with E-state index in [0.717, 1.165) is 11.1 Å². The molecule has 5 nitrogen and oxygen atoms in total. The highest BCUT2D eigenvalue weighted by Gasteiger charge is 2.15. The summed E-state index contributed by atoms with van der Waals surface area (Å²) in [5.74, 6) is -0.150. The van der Waals surface area contributed by atoms with Gasteiger partial charge in [0.05, 0.1) is 17.9 Å². The maximum atomic E-state index is 11.0. The highest BCUT2D eigenvalue weighted by atomic mass is 16.5. The van der Waals surface area contributed by atoms with Gasteiger partial charge in [0.25, 0.3) is 0 Å². The highest BCUT2D eigenvalue weighted by molar-refractivity contribution is 5.88. The summed E-state index contributed by atoms with van der Waals surface area (Å²) in [5, 5.41) is 17.9. The van der Waals surface area contributed by atoms with Gasteiger partial charge in [0.15, 0.2) is 5.76 Å². The lowest BCUT2D eigenvalue weighted by Crippen LogP contribution is -2.04. The van der Waals surface area contributed by atoms with Crippen LogP contribution in [0.3, 0.4) is 0 Å². The molecule has 1 N–H and O–H groups in total. The Labute approximate surface area is 116 Å². The number of nitriles is 1. The Bertz CT molecular complexity index is 671. The minimum atomic E-state index is -1.05. The second kappa shape index (κ2) is 5.49. The first-order valence-corrected chi connectivity index (χ1v) is 5.96. The first-order valence-electron chi connectivity index (χ1n) is 5.96. The molecular weight excluding hydrogens is 258 g/mol. The quantitative estimate of drug-likeness (QED) is 0.923. The first kappa shape index (κ1) is 13.7. The Morgan fingerprint density at radius 1 is 1.40 bits per heavy atom. The van der Waals surface area contributed by atoms with Crippen molar-refractivity contribution in [1.82, 2.24) is 0 Å². The Morgan fingerprint density at radius 3 is 2.60 bits per heavy atom. The number of carbonyl (C=O) groups is 1. The number of carboxylic acid groups (broad SMARTS) is 1. The molecule has 2 aromatic rings. The molecule has 0 aliphatic rings. The molecule has 0 spiro atoms. The van der Waals surface area contributed by atoms with Crippen molar-refractivity contribution in [3.63, 3.8) is 0 Å². The molecule has 0 unspecified atom stereocenters. The Kier molecular flexibility index (Phi) is 3.76. The number of hydrogen-bond donors (Lipinski definition) is 1. The van der Waals surface area contributed by atoms with Crippen LogP contribution in [0.15, 0.2) is 28.9 Å². The minimum absolute atomic E-state index is 0.0300. The van der Waals surface area contributed by atoms with Crippen molar-refractivity contribution < 1.29 is 19.1 Å². The van der Waals surface area contributed by atoms with E-state index >= 15 is 0 Å². The number of hydrogen-bond acceptors (Lipinski definition) is 4. The second-order valence-corrected chi connectivity index (χ2v) is 4.40. The first-order chi connectivity index (χ1) is 9.52. The van der Waals surface area contributed by atoms with E-state index in [0.29, 0.717) is 11.3 Å². The third-order valence-corrected chi connectivity index (χ3v) is 2.91. The van der Waals surface area contributed by atoms with Gasteiger partial charge in [-0.25, -0.2) is 4.79 Å². The average Bonchev–Trinajstić information content (AvgIpc) is 2.86. The lowest BCUT2D eigenvalue weighted by atomic mass is 10.1. The zero-order valence-electron chi connectivity index (χ0n) is 11.1. The lowest BCUT2D eigenvalue weighted by molar-refractivity contribution is 0.0692. The van der Waals surface area contributed by atoms with E-state index in [1.807, 2.05) is 13.8 Å². The fourth-order valence-corrected chi connectivity index (χ4v) is 2.02. The molecule has 0 amide bonds. The van der Waals surface area contributed by atoms with Crippen LogP contribution in [0.1, 0.15) is 32.8 Å². The predicted molar refractivity (Wildman–Crippen MR) is 70.6 cm³/mol. The number of furan rings is 1. The third-order valence-electron chi connectivity index (χ3n) is 2.91. The lowest BCUT2D eigenvalue weighted by Gasteiger charge is -2.11. The molecule has 1 heterocycles. The number of benzene rings is 1. The van der Waals surface area contributed by atoms with Crippen LogP contribution in [0, 0.1) is 25.2 Å². The van der Waals surface area contributed by atoms with Gasteiger partial charge in [0, 0.05) is 0 Å². The summed E-state index contributed by atoms with van der Waals surface area (Å²) in [6.45, 7) is 3.70. The molecule has 102 valence electrons. The summed E-state index contributed by atoms with van der Waals surface area (Å²) in [6, 6.07) is 6.92. The van der Waals surface area contributed by atoms with Crippen LogP contribution in [-0.4, -0.2) is 11.1 Å². The van der Waals surface area contributed by atoms with Gasteiger partial charge in [0.1, 0.15) is 17.9 Å². The van der Waals surface area contributed by atoms with Crippen LogP contribution < -0.4 is 4.74 Å². The zero-order valence-corrected chi connectivity index (χ0v) is 11.1. The molecule has 1 aromatic heterocycles. The van der Waals surface area contributed by atoms with E-state index in [9.17, 15) is 4.79 Å². The molecule has 2 rings (SSSR count). The van der Waals surface area contributed by atoms with E-state index in [1.165, 1.54) is 12.3 Å². The van der Waals surface area contributed by atoms with Crippen molar-refractivity contribution in [2.75, 3.05) is 0 Å². The number of aromatic carboxylic acids is 1. The average molecular weight is 271 g/mol. The largest absolute Gasteiger partial charge is 0.485 e. The van der Waals surface area contributed by atoms with Crippen LogP contribution in [0.2, 0.25) is 0 Å². The predicted octanol–water partition coefficient (Wildman–Crippen LogP) is 3.05. The standard InChI is InChI=1S/C15H13NO4/c1-9-5-11(7-16)6-10(2)14(9)20-8-13-12(15(17)18)3-4-19-13/h3-6H,8H2,1-2H3,(H,17,18). The van der Waals surface area contributed by atoms with Crippen LogP contribution in [0.4, 0.5) is 0 Å². The molecule has 20 heavy (non-hydrogen) atoms. The monoisotopic (exact) mass is 271 g/mol. The molecule has 0 aliphatic heterocycles. The van der Waals surface area contributed by atoms with Crippen LogP contribution in [0.5, 0.6) is 5.75 Å². The third kappa shape index (κ3) is 2.64.